The molecule has 2 N–H and O–H groups in total. The Hall–Kier alpha value is -1.74. The molecule has 0 aliphatic rings. The molecule has 0 aliphatic carbocycles. The first-order valence-electron chi connectivity index (χ1n) is 8.85. The van der Waals surface area contributed by atoms with Gasteiger partial charge in [-0.3, -0.25) is 4.79 Å². The maximum Gasteiger partial charge on any atom is 0.251 e. The molecule has 1 amide bonds. The van der Waals surface area contributed by atoms with Crippen molar-refractivity contribution in [1.82, 2.24) is 14.9 Å². The quantitative estimate of drug-likeness (QED) is 0.668. The van der Waals surface area contributed by atoms with Crippen LogP contribution in [0.3, 0.4) is 0 Å². The Balaban J connectivity index is 2.03. The summed E-state index contributed by atoms with van der Waals surface area (Å²) in [6.45, 7) is 4.20. The molecule has 2 unspecified atom stereocenters. The number of amides is 1. The van der Waals surface area contributed by atoms with Crippen LogP contribution >= 0.6 is 11.3 Å². The highest BCUT2D eigenvalue weighted by atomic mass is 32.2. The molecule has 1 heterocycles. The number of carbonyl (C=O) groups is 1. The number of carbonyl (C=O) groups excluding carboxylic acids is 1. The third-order valence-electron chi connectivity index (χ3n) is 4.35. The Morgan fingerprint density at radius 2 is 1.85 bits per heavy atom. The molecule has 8 heteroatoms. The van der Waals surface area contributed by atoms with Crippen molar-refractivity contribution in [3.63, 3.8) is 0 Å². The number of likely N-dealkylation sites (N-methyl/N-ethyl adjacent to an activating group) is 1. The molecule has 6 nitrogen and oxygen atoms in total. The van der Waals surface area contributed by atoms with Gasteiger partial charge in [0.05, 0.1) is 10.9 Å². The highest BCUT2D eigenvalue weighted by molar-refractivity contribution is 7.89. The first-order chi connectivity index (χ1) is 12.7. The molecule has 0 radical (unpaired) electrons. The lowest BCUT2D eigenvalue weighted by Crippen LogP contribution is -2.34. The van der Waals surface area contributed by atoms with Crippen LogP contribution in [-0.4, -0.2) is 45.9 Å². The number of sulfonamides is 1. The van der Waals surface area contributed by atoms with Crippen molar-refractivity contribution in [2.75, 3.05) is 20.6 Å². The van der Waals surface area contributed by atoms with Gasteiger partial charge in [0.2, 0.25) is 10.0 Å². The predicted molar refractivity (Wildman–Crippen MR) is 110 cm³/mol. The predicted octanol–water partition coefficient (Wildman–Crippen LogP) is 2.86. The Bertz CT molecular complexity index is 832. The van der Waals surface area contributed by atoms with Crippen molar-refractivity contribution in [2.24, 2.45) is 0 Å². The lowest BCUT2D eigenvalue weighted by molar-refractivity contribution is 0.0942. The maximum absolute atomic E-state index is 12.4. The highest BCUT2D eigenvalue weighted by Gasteiger charge is 2.19. The minimum absolute atomic E-state index is 0.0910. The third-order valence-corrected chi connectivity index (χ3v) is 6.93. The van der Waals surface area contributed by atoms with Gasteiger partial charge in [-0.15, -0.1) is 11.3 Å². The van der Waals surface area contributed by atoms with Gasteiger partial charge in [-0.05, 0) is 63.2 Å². The number of hydrogen-bond donors (Lipinski definition) is 2. The standard InChI is InChI=1S/C19H27N3O3S2/c1-5-14(2)21-27(24,25)16-10-8-15(9-11-16)19(23)20-13-17(22(3)4)18-7-6-12-26-18/h6-12,14,17,21H,5,13H2,1-4H3,(H,20,23). The molecule has 0 bridgehead atoms. The van der Waals surface area contributed by atoms with Crippen LogP contribution in [0.15, 0.2) is 46.7 Å². The molecule has 1 aromatic heterocycles. The van der Waals surface area contributed by atoms with Crippen molar-refractivity contribution < 1.29 is 13.2 Å². The van der Waals surface area contributed by atoms with Crippen LogP contribution in [0.1, 0.15) is 41.5 Å². The van der Waals surface area contributed by atoms with Crippen molar-refractivity contribution in [1.29, 1.82) is 0 Å². The van der Waals surface area contributed by atoms with Crippen molar-refractivity contribution >= 4 is 27.3 Å². The van der Waals surface area contributed by atoms with E-state index in [0.29, 0.717) is 18.5 Å². The monoisotopic (exact) mass is 409 g/mol. The van der Waals surface area contributed by atoms with Crippen molar-refractivity contribution in [3.05, 3.63) is 52.2 Å². The second-order valence-corrected chi connectivity index (χ2v) is 9.35. The Kier molecular flexibility index (Phi) is 7.55. The van der Waals surface area contributed by atoms with Crippen LogP contribution in [0.25, 0.3) is 0 Å². The van der Waals surface area contributed by atoms with E-state index in [4.69, 9.17) is 0 Å². The van der Waals surface area contributed by atoms with E-state index < -0.39 is 10.0 Å². The van der Waals surface area contributed by atoms with Crippen LogP contribution in [0, 0.1) is 0 Å². The van der Waals surface area contributed by atoms with E-state index in [1.807, 2.05) is 45.5 Å². The fourth-order valence-electron chi connectivity index (χ4n) is 2.51. The molecule has 0 saturated heterocycles. The SMILES string of the molecule is CCC(C)NS(=O)(=O)c1ccc(C(=O)NCC(c2cccs2)N(C)C)cc1. The molecule has 0 saturated carbocycles. The Labute approximate surface area is 165 Å². The van der Waals surface area contributed by atoms with Crippen LogP contribution in [0.5, 0.6) is 0 Å². The number of rotatable bonds is 9. The average molecular weight is 410 g/mol. The molecule has 148 valence electrons. The minimum Gasteiger partial charge on any atom is -0.350 e. The number of hydrogen-bond acceptors (Lipinski definition) is 5. The van der Waals surface area contributed by atoms with Gasteiger partial charge in [-0.2, -0.15) is 0 Å². The molecule has 1 aromatic carbocycles. The van der Waals surface area contributed by atoms with Crippen LogP contribution < -0.4 is 10.0 Å². The van der Waals surface area contributed by atoms with Crippen LogP contribution in [0.2, 0.25) is 0 Å². The van der Waals surface area contributed by atoms with Crippen LogP contribution in [0.4, 0.5) is 0 Å². The van der Waals surface area contributed by atoms with E-state index in [-0.39, 0.29) is 22.9 Å². The largest absolute Gasteiger partial charge is 0.350 e. The second kappa shape index (κ2) is 9.45. The normalized spacial score (nSPS) is 14.1. The van der Waals surface area contributed by atoms with Gasteiger partial charge >= 0.3 is 0 Å². The molecular formula is C19H27N3O3S2. The topological polar surface area (TPSA) is 78.5 Å². The summed E-state index contributed by atoms with van der Waals surface area (Å²) >= 11 is 1.65. The number of benzene rings is 1. The summed E-state index contributed by atoms with van der Waals surface area (Å²) in [7, 11) is 0.378. The van der Waals surface area contributed by atoms with E-state index in [2.05, 4.69) is 14.9 Å². The first-order valence-corrected chi connectivity index (χ1v) is 11.2. The summed E-state index contributed by atoms with van der Waals surface area (Å²) < 4.78 is 27.2. The molecular weight excluding hydrogens is 382 g/mol. The summed E-state index contributed by atoms with van der Waals surface area (Å²) in [5.74, 6) is -0.225. The van der Waals surface area contributed by atoms with E-state index in [9.17, 15) is 13.2 Å². The minimum atomic E-state index is -3.57. The number of nitrogens with zero attached hydrogens (tertiary/aromatic N) is 1. The average Bonchev–Trinajstić information content (AvgIpc) is 3.15. The fraction of sp³-hybridized carbons (Fsp3) is 0.421. The molecule has 2 rings (SSSR count). The van der Waals surface area contributed by atoms with Gasteiger partial charge in [0.25, 0.3) is 5.91 Å². The summed E-state index contributed by atoms with van der Waals surface area (Å²) in [6.07, 6.45) is 0.705. The molecule has 27 heavy (non-hydrogen) atoms. The second-order valence-electron chi connectivity index (χ2n) is 6.66. The molecule has 0 spiro atoms. The first kappa shape index (κ1) is 21.6. The molecule has 2 atom stereocenters. The molecule has 0 fully saturated rings. The Morgan fingerprint density at radius 3 is 2.37 bits per heavy atom. The fourth-order valence-corrected chi connectivity index (χ4v) is 4.76. The van der Waals surface area contributed by atoms with Gasteiger partial charge < -0.3 is 10.2 Å². The molecule has 2 aromatic rings. The lowest BCUT2D eigenvalue weighted by Gasteiger charge is -2.23. The lowest BCUT2D eigenvalue weighted by atomic mass is 10.2. The number of nitrogens with one attached hydrogen (secondary N) is 2. The summed E-state index contributed by atoms with van der Waals surface area (Å²) in [5, 5.41) is 4.94. The zero-order valence-electron chi connectivity index (χ0n) is 16.1. The third kappa shape index (κ3) is 5.87. The highest BCUT2D eigenvalue weighted by Crippen LogP contribution is 2.22. The van der Waals surface area contributed by atoms with Crippen LogP contribution in [-0.2, 0) is 10.0 Å². The summed E-state index contributed by atoms with van der Waals surface area (Å²) in [6, 6.07) is 9.99. The van der Waals surface area contributed by atoms with Crippen molar-refractivity contribution in [2.45, 2.75) is 37.2 Å². The van der Waals surface area contributed by atoms with Gasteiger partial charge in [0.15, 0.2) is 0 Å². The van der Waals surface area contributed by atoms with Crippen molar-refractivity contribution in [3.8, 4) is 0 Å². The summed E-state index contributed by atoms with van der Waals surface area (Å²) in [4.78, 5) is 15.8. The van der Waals surface area contributed by atoms with Gasteiger partial charge in [-0.1, -0.05) is 13.0 Å². The zero-order valence-corrected chi connectivity index (χ0v) is 17.7. The van der Waals surface area contributed by atoms with Gasteiger partial charge in [-0.25, -0.2) is 13.1 Å². The number of thiophene rings is 1. The Morgan fingerprint density at radius 1 is 1.19 bits per heavy atom. The zero-order chi connectivity index (χ0) is 20.0. The molecule has 0 aliphatic heterocycles. The smallest absolute Gasteiger partial charge is 0.251 e. The van der Waals surface area contributed by atoms with Gasteiger partial charge in [0.1, 0.15) is 0 Å². The van der Waals surface area contributed by atoms with E-state index in [1.165, 1.54) is 29.1 Å². The van der Waals surface area contributed by atoms with E-state index in [0.717, 1.165) is 0 Å². The summed E-state index contributed by atoms with van der Waals surface area (Å²) in [5.41, 5.74) is 0.432. The maximum atomic E-state index is 12.4. The van der Waals surface area contributed by atoms with E-state index in [1.54, 1.807) is 11.3 Å². The van der Waals surface area contributed by atoms with Gasteiger partial charge in [0, 0.05) is 23.0 Å². The van der Waals surface area contributed by atoms with E-state index >= 15 is 0 Å².